The highest BCUT2D eigenvalue weighted by atomic mass is 35.5. The number of hydrogen-bond acceptors (Lipinski definition) is 2. The van der Waals surface area contributed by atoms with Gasteiger partial charge in [-0.3, -0.25) is 0 Å². The van der Waals surface area contributed by atoms with Crippen LogP contribution in [-0.2, 0) is 6.54 Å². The Hall–Kier alpha value is -0.180. The molecule has 0 amide bonds. The standard InChI is InChI=1S/C12H18ClNS/c1-4-9(2)15-12-10(8-14-3)6-5-7-11(12)13/h5-7,9,14H,4,8H2,1-3H3. The highest BCUT2D eigenvalue weighted by Gasteiger charge is 2.10. The highest BCUT2D eigenvalue weighted by Crippen LogP contribution is 2.34. The third-order valence-corrected chi connectivity index (χ3v) is 4.19. The second-order valence-electron chi connectivity index (χ2n) is 3.60. The van der Waals surface area contributed by atoms with E-state index in [2.05, 4.69) is 25.2 Å². The maximum absolute atomic E-state index is 6.22. The molecular weight excluding hydrogens is 226 g/mol. The van der Waals surface area contributed by atoms with Gasteiger partial charge in [0.25, 0.3) is 0 Å². The van der Waals surface area contributed by atoms with Gasteiger partial charge in [-0.25, -0.2) is 0 Å². The van der Waals surface area contributed by atoms with Crippen LogP contribution in [0.4, 0.5) is 0 Å². The first-order valence-electron chi connectivity index (χ1n) is 5.27. The Morgan fingerprint density at radius 1 is 1.47 bits per heavy atom. The molecule has 15 heavy (non-hydrogen) atoms. The summed E-state index contributed by atoms with van der Waals surface area (Å²) in [6.07, 6.45) is 1.16. The topological polar surface area (TPSA) is 12.0 Å². The van der Waals surface area contributed by atoms with Crippen molar-refractivity contribution in [3.63, 3.8) is 0 Å². The summed E-state index contributed by atoms with van der Waals surface area (Å²) in [5, 5.41) is 4.65. The number of hydrogen-bond donors (Lipinski definition) is 1. The molecule has 1 rings (SSSR count). The van der Waals surface area contributed by atoms with Crippen molar-refractivity contribution in [3.8, 4) is 0 Å². The van der Waals surface area contributed by atoms with Gasteiger partial charge in [-0.15, -0.1) is 11.8 Å². The molecule has 0 heterocycles. The van der Waals surface area contributed by atoms with Crippen LogP contribution in [0.15, 0.2) is 23.1 Å². The summed E-state index contributed by atoms with van der Waals surface area (Å²) in [5.74, 6) is 0. The smallest absolute Gasteiger partial charge is 0.0545 e. The predicted octanol–water partition coefficient (Wildman–Crippen LogP) is 3.95. The fraction of sp³-hybridized carbons (Fsp3) is 0.500. The van der Waals surface area contributed by atoms with Gasteiger partial charge in [-0.1, -0.05) is 37.6 Å². The number of rotatable bonds is 5. The molecule has 0 aliphatic rings. The minimum absolute atomic E-state index is 0.612. The number of thioether (sulfide) groups is 1. The minimum Gasteiger partial charge on any atom is -0.316 e. The van der Waals surface area contributed by atoms with Crippen molar-refractivity contribution in [2.75, 3.05) is 7.05 Å². The van der Waals surface area contributed by atoms with Crippen LogP contribution >= 0.6 is 23.4 Å². The first kappa shape index (κ1) is 12.9. The second-order valence-corrected chi connectivity index (χ2v) is 5.45. The summed E-state index contributed by atoms with van der Waals surface area (Å²) in [4.78, 5) is 1.22. The summed E-state index contributed by atoms with van der Waals surface area (Å²) < 4.78 is 0. The molecule has 84 valence electrons. The minimum atomic E-state index is 0.612. The molecule has 0 aliphatic heterocycles. The molecule has 1 nitrogen and oxygen atoms in total. The van der Waals surface area contributed by atoms with Crippen molar-refractivity contribution in [3.05, 3.63) is 28.8 Å². The lowest BCUT2D eigenvalue weighted by molar-refractivity contribution is 0.802. The molecule has 3 heteroatoms. The Bertz CT molecular complexity index is 314. The van der Waals surface area contributed by atoms with Gasteiger partial charge < -0.3 is 5.32 Å². The number of nitrogens with one attached hydrogen (secondary N) is 1. The average molecular weight is 244 g/mol. The van der Waals surface area contributed by atoms with Crippen LogP contribution in [0.5, 0.6) is 0 Å². The summed E-state index contributed by atoms with van der Waals surface area (Å²) in [6.45, 7) is 5.31. The lowest BCUT2D eigenvalue weighted by atomic mass is 10.2. The van der Waals surface area contributed by atoms with Crippen LogP contribution in [0.25, 0.3) is 0 Å². The van der Waals surface area contributed by atoms with E-state index in [9.17, 15) is 0 Å². The van der Waals surface area contributed by atoms with Gasteiger partial charge in [0.15, 0.2) is 0 Å². The van der Waals surface area contributed by atoms with Crippen molar-refractivity contribution in [2.45, 2.75) is 37.0 Å². The van der Waals surface area contributed by atoms with Gasteiger partial charge in [0, 0.05) is 16.7 Å². The van der Waals surface area contributed by atoms with Crippen LogP contribution in [0.2, 0.25) is 5.02 Å². The van der Waals surface area contributed by atoms with Crippen molar-refractivity contribution in [1.29, 1.82) is 0 Å². The number of halogens is 1. The van der Waals surface area contributed by atoms with Crippen LogP contribution in [-0.4, -0.2) is 12.3 Å². The van der Waals surface area contributed by atoms with E-state index in [4.69, 9.17) is 11.6 Å². The van der Waals surface area contributed by atoms with E-state index < -0.39 is 0 Å². The van der Waals surface area contributed by atoms with Gasteiger partial charge in [0.1, 0.15) is 0 Å². The molecule has 0 spiro atoms. The monoisotopic (exact) mass is 243 g/mol. The van der Waals surface area contributed by atoms with E-state index in [1.165, 1.54) is 10.5 Å². The van der Waals surface area contributed by atoms with Crippen LogP contribution < -0.4 is 5.32 Å². The zero-order chi connectivity index (χ0) is 11.3. The predicted molar refractivity (Wildman–Crippen MR) is 69.8 cm³/mol. The third kappa shape index (κ3) is 3.71. The maximum atomic E-state index is 6.22. The first-order chi connectivity index (χ1) is 7.19. The van der Waals surface area contributed by atoms with Crippen molar-refractivity contribution >= 4 is 23.4 Å². The molecule has 1 N–H and O–H groups in total. The van der Waals surface area contributed by atoms with E-state index in [0.29, 0.717) is 5.25 Å². The third-order valence-electron chi connectivity index (χ3n) is 2.31. The lowest BCUT2D eigenvalue weighted by Gasteiger charge is -2.14. The normalized spacial score (nSPS) is 12.8. The van der Waals surface area contributed by atoms with Crippen LogP contribution in [0.3, 0.4) is 0 Å². The zero-order valence-corrected chi connectivity index (χ0v) is 11.1. The Kier molecular flexibility index (Phi) is 5.51. The fourth-order valence-corrected chi connectivity index (χ4v) is 2.67. The molecule has 0 radical (unpaired) electrons. The largest absolute Gasteiger partial charge is 0.316 e. The van der Waals surface area contributed by atoms with Gasteiger partial charge >= 0.3 is 0 Å². The second kappa shape index (κ2) is 6.41. The average Bonchev–Trinajstić information content (AvgIpc) is 2.23. The summed E-state index contributed by atoms with van der Waals surface area (Å²) in [5.41, 5.74) is 1.29. The highest BCUT2D eigenvalue weighted by molar-refractivity contribution is 8.00. The molecule has 0 saturated carbocycles. The Balaban J connectivity index is 2.91. The van der Waals surface area contributed by atoms with Gasteiger partial charge in [0.2, 0.25) is 0 Å². The molecule has 1 unspecified atom stereocenters. The Morgan fingerprint density at radius 2 is 2.20 bits per heavy atom. The van der Waals surface area contributed by atoms with E-state index in [-0.39, 0.29) is 0 Å². The molecule has 0 aliphatic carbocycles. The van der Waals surface area contributed by atoms with Gasteiger partial charge in [-0.05, 0) is 25.1 Å². The molecule has 0 bridgehead atoms. The quantitative estimate of drug-likeness (QED) is 0.786. The molecule has 0 saturated heterocycles. The van der Waals surface area contributed by atoms with Gasteiger partial charge in [0.05, 0.1) is 5.02 Å². The molecule has 1 atom stereocenters. The van der Waals surface area contributed by atoms with Crippen molar-refractivity contribution in [2.24, 2.45) is 0 Å². The molecule has 0 fully saturated rings. The summed E-state index contributed by atoms with van der Waals surface area (Å²) in [7, 11) is 1.96. The first-order valence-corrected chi connectivity index (χ1v) is 6.53. The lowest BCUT2D eigenvalue weighted by Crippen LogP contribution is -2.07. The Morgan fingerprint density at radius 3 is 2.80 bits per heavy atom. The molecule has 1 aromatic rings. The van der Waals surface area contributed by atoms with E-state index in [1.54, 1.807) is 0 Å². The molecule has 0 aromatic heterocycles. The van der Waals surface area contributed by atoms with Gasteiger partial charge in [-0.2, -0.15) is 0 Å². The maximum Gasteiger partial charge on any atom is 0.0545 e. The van der Waals surface area contributed by atoms with Crippen molar-refractivity contribution < 1.29 is 0 Å². The fourth-order valence-electron chi connectivity index (χ4n) is 1.30. The number of benzene rings is 1. The molecule has 1 aromatic carbocycles. The van der Waals surface area contributed by atoms with E-state index in [0.717, 1.165) is 18.0 Å². The van der Waals surface area contributed by atoms with E-state index in [1.807, 2.05) is 30.9 Å². The summed E-state index contributed by atoms with van der Waals surface area (Å²) >= 11 is 8.08. The summed E-state index contributed by atoms with van der Waals surface area (Å²) in [6, 6.07) is 6.11. The van der Waals surface area contributed by atoms with Crippen LogP contribution in [0.1, 0.15) is 25.8 Å². The SMILES string of the molecule is CCC(C)Sc1c(Cl)cccc1CNC. The molecular formula is C12H18ClNS. The van der Waals surface area contributed by atoms with Crippen LogP contribution in [0, 0.1) is 0 Å². The zero-order valence-electron chi connectivity index (χ0n) is 9.51. The Labute approximate surface area is 102 Å². The van der Waals surface area contributed by atoms with E-state index >= 15 is 0 Å². The van der Waals surface area contributed by atoms with Crippen molar-refractivity contribution in [1.82, 2.24) is 5.32 Å².